The van der Waals surface area contributed by atoms with Gasteiger partial charge in [-0.05, 0) is 19.3 Å². The van der Waals surface area contributed by atoms with E-state index in [1.165, 1.54) is 0 Å². The highest BCUT2D eigenvalue weighted by atomic mass is 16.1. The zero-order chi connectivity index (χ0) is 8.27. The van der Waals surface area contributed by atoms with Crippen molar-refractivity contribution in [1.82, 2.24) is 0 Å². The van der Waals surface area contributed by atoms with Crippen LogP contribution in [0.3, 0.4) is 0 Å². The Bertz CT molecular complexity index is 177. The van der Waals surface area contributed by atoms with Gasteiger partial charge in [0.05, 0.1) is 6.04 Å². The van der Waals surface area contributed by atoms with Crippen LogP contribution in [-0.4, -0.2) is 11.9 Å². The van der Waals surface area contributed by atoms with Gasteiger partial charge in [-0.25, -0.2) is 0 Å². The van der Waals surface area contributed by atoms with E-state index in [-0.39, 0.29) is 5.92 Å². The zero-order valence-corrected chi connectivity index (χ0v) is 6.49. The maximum Gasteiger partial charge on any atom is 0.234 e. The number of nitrogens with two attached hydrogens (primary N) is 2. The summed E-state index contributed by atoms with van der Waals surface area (Å²) in [6.07, 6.45) is 7.26. The van der Waals surface area contributed by atoms with Crippen LogP contribution in [0.2, 0.25) is 0 Å². The lowest BCUT2D eigenvalue weighted by Gasteiger charge is -2.20. The van der Waals surface area contributed by atoms with Crippen LogP contribution < -0.4 is 11.5 Å². The van der Waals surface area contributed by atoms with Crippen LogP contribution >= 0.6 is 0 Å². The fourth-order valence-electron chi connectivity index (χ4n) is 1.35. The van der Waals surface area contributed by atoms with E-state index in [1.54, 1.807) is 0 Å². The SMILES string of the molecule is NC(=O)C(N)C1C=CCCC1. The molecule has 1 rings (SSSR count). The largest absolute Gasteiger partial charge is 0.368 e. The summed E-state index contributed by atoms with van der Waals surface area (Å²) in [5.41, 5.74) is 10.6. The number of carbonyl (C=O) groups excluding carboxylic acids is 1. The van der Waals surface area contributed by atoms with Crippen molar-refractivity contribution < 1.29 is 4.79 Å². The Morgan fingerprint density at radius 2 is 2.36 bits per heavy atom. The second kappa shape index (κ2) is 3.53. The van der Waals surface area contributed by atoms with Crippen LogP contribution in [0.1, 0.15) is 19.3 Å². The van der Waals surface area contributed by atoms with Crippen LogP contribution in [-0.2, 0) is 4.79 Å². The van der Waals surface area contributed by atoms with E-state index in [0.29, 0.717) is 0 Å². The molecule has 3 heteroatoms. The van der Waals surface area contributed by atoms with Gasteiger partial charge in [0.15, 0.2) is 0 Å². The molecule has 0 aromatic rings. The van der Waals surface area contributed by atoms with Crippen LogP contribution in [0.5, 0.6) is 0 Å². The molecule has 0 bridgehead atoms. The molecular formula is C8H14N2O. The molecule has 3 nitrogen and oxygen atoms in total. The minimum Gasteiger partial charge on any atom is -0.368 e. The van der Waals surface area contributed by atoms with E-state index in [1.807, 2.05) is 6.08 Å². The number of carbonyl (C=O) groups is 1. The van der Waals surface area contributed by atoms with Crippen LogP contribution in [0, 0.1) is 5.92 Å². The van der Waals surface area contributed by atoms with Crippen molar-refractivity contribution in [1.29, 1.82) is 0 Å². The quantitative estimate of drug-likeness (QED) is 0.556. The molecule has 4 N–H and O–H groups in total. The maximum atomic E-state index is 10.7. The number of rotatable bonds is 2. The molecule has 0 saturated heterocycles. The lowest BCUT2D eigenvalue weighted by Crippen LogP contribution is -2.42. The van der Waals surface area contributed by atoms with Gasteiger partial charge in [-0.3, -0.25) is 4.79 Å². The molecule has 0 spiro atoms. The third kappa shape index (κ3) is 2.05. The average Bonchev–Trinajstić information content (AvgIpc) is 2.05. The van der Waals surface area contributed by atoms with Crippen molar-refractivity contribution >= 4 is 5.91 Å². The predicted molar refractivity (Wildman–Crippen MR) is 43.7 cm³/mol. The molecule has 0 fully saturated rings. The standard InChI is InChI=1S/C8H14N2O/c9-7(8(10)11)6-4-2-1-3-5-6/h2,4,6-7H,1,3,5,9H2,(H2,10,11). The zero-order valence-electron chi connectivity index (χ0n) is 6.49. The number of hydrogen-bond donors (Lipinski definition) is 2. The Morgan fingerprint density at radius 3 is 2.82 bits per heavy atom. The van der Waals surface area contributed by atoms with Crippen LogP contribution in [0.25, 0.3) is 0 Å². The molecule has 2 unspecified atom stereocenters. The minimum absolute atomic E-state index is 0.168. The predicted octanol–water partition coefficient (Wildman–Crippen LogP) is 0.155. The van der Waals surface area contributed by atoms with Crippen molar-refractivity contribution in [2.75, 3.05) is 0 Å². The summed E-state index contributed by atoms with van der Waals surface area (Å²) >= 11 is 0. The van der Waals surface area contributed by atoms with Gasteiger partial charge in [0.2, 0.25) is 5.91 Å². The molecule has 62 valence electrons. The lowest BCUT2D eigenvalue weighted by molar-refractivity contribution is -0.120. The Morgan fingerprint density at radius 1 is 1.64 bits per heavy atom. The smallest absolute Gasteiger partial charge is 0.234 e. The molecule has 0 radical (unpaired) electrons. The van der Waals surface area contributed by atoms with Crippen molar-refractivity contribution in [2.24, 2.45) is 17.4 Å². The maximum absolute atomic E-state index is 10.7. The topological polar surface area (TPSA) is 69.1 Å². The van der Waals surface area contributed by atoms with E-state index in [0.717, 1.165) is 19.3 Å². The first-order valence-corrected chi connectivity index (χ1v) is 3.93. The molecular weight excluding hydrogens is 140 g/mol. The molecule has 0 aromatic carbocycles. The molecule has 2 atom stereocenters. The van der Waals surface area contributed by atoms with Gasteiger partial charge in [0.25, 0.3) is 0 Å². The van der Waals surface area contributed by atoms with Gasteiger partial charge in [-0.1, -0.05) is 12.2 Å². The van der Waals surface area contributed by atoms with Gasteiger partial charge in [0, 0.05) is 5.92 Å². The normalized spacial score (nSPS) is 26.5. The van der Waals surface area contributed by atoms with Gasteiger partial charge >= 0.3 is 0 Å². The molecule has 0 aliphatic heterocycles. The highest BCUT2D eigenvalue weighted by molar-refractivity contribution is 5.80. The third-order valence-electron chi connectivity index (χ3n) is 2.08. The Balaban J connectivity index is 2.52. The van der Waals surface area contributed by atoms with Crippen molar-refractivity contribution in [3.05, 3.63) is 12.2 Å². The molecule has 1 amide bonds. The number of allylic oxidation sites excluding steroid dienone is 1. The van der Waals surface area contributed by atoms with E-state index in [2.05, 4.69) is 6.08 Å². The monoisotopic (exact) mass is 154 g/mol. The van der Waals surface area contributed by atoms with Gasteiger partial charge < -0.3 is 11.5 Å². The first-order valence-electron chi connectivity index (χ1n) is 3.93. The molecule has 0 saturated carbocycles. The second-order valence-electron chi connectivity index (χ2n) is 2.95. The molecule has 11 heavy (non-hydrogen) atoms. The Labute approximate surface area is 66.4 Å². The molecule has 1 aliphatic rings. The van der Waals surface area contributed by atoms with Crippen molar-refractivity contribution in [2.45, 2.75) is 25.3 Å². The molecule has 0 heterocycles. The lowest BCUT2D eigenvalue weighted by atomic mass is 9.89. The summed E-state index contributed by atoms with van der Waals surface area (Å²) in [7, 11) is 0. The molecule has 1 aliphatic carbocycles. The van der Waals surface area contributed by atoms with Crippen LogP contribution in [0.4, 0.5) is 0 Å². The first-order chi connectivity index (χ1) is 5.22. The average molecular weight is 154 g/mol. The first kappa shape index (κ1) is 8.27. The van der Waals surface area contributed by atoms with E-state index in [4.69, 9.17) is 11.5 Å². The van der Waals surface area contributed by atoms with Crippen LogP contribution in [0.15, 0.2) is 12.2 Å². The summed E-state index contributed by atoms with van der Waals surface area (Å²) in [6, 6.07) is -0.494. The van der Waals surface area contributed by atoms with Crippen molar-refractivity contribution in [3.8, 4) is 0 Å². The summed E-state index contributed by atoms with van der Waals surface area (Å²) in [4.78, 5) is 10.7. The Kier molecular flexibility index (Phi) is 2.65. The molecule has 0 aromatic heterocycles. The van der Waals surface area contributed by atoms with E-state index >= 15 is 0 Å². The highest BCUT2D eigenvalue weighted by Gasteiger charge is 2.20. The van der Waals surface area contributed by atoms with E-state index in [9.17, 15) is 4.79 Å². The minimum atomic E-state index is -0.494. The number of hydrogen-bond acceptors (Lipinski definition) is 2. The number of amides is 1. The second-order valence-corrected chi connectivity index (χ2v) is 2.95. The fraction of sp³-hybridized carbons (Fsp3) is 0.625. The number of primary amides is 1. The van der Waals surface area contributed by atoms with E-state index < -0.39 is 11.9 Å². The van der Waals surface area contributed by atoms with Gasteiger partial charge in [-0.2, -0.15) is 0 Å². The summed E-state index contributed by atoms with van der Waals surface area (Å²) in [5, 5.41) is 0. The van der Waals surface area contributed by atoms with Gasteiger partial charge in [-0.15, -0.1) is 0 Å². The highest BCUT2D eigenvalue weighted by Crippen LogP contribution is 2.18. The summed E-state index contributed by atoms with van der Waals surface area (Å²) in [5.74, 6) is -0.234. The van der Waals surface area contributed by atoms with Crippen molar-refractivity contribution in [3.63, 3.8) is 0 Å². The summed E-state index contributed by atoms with van der Waals surface area (Å²) < 4.78 is 0. The Hall–Kier alpha value is -0.830. The van der Waals surface area contributed by atoms with Gasteiger partial charge in [0.1, 0.15) is 0 Å². The third-order valence-corrected chi connectivity index (χ3v) is 2.08. The fourth-order valence-corrected chi connectivity index (χ4v) is 1.35. The summed E-state index contributed by atoms with van der Waals surface area (Å²) in [6.45, 7) is 0.